The Morgan fingerprint density at radius 2 is 1.51 bits per heavy atom. The van der Waals surface area contributed by atoms with Crippen molar-refractivity contribution in [3.8, 4) is 5.75 Å². The highest BCUT2D eigenvalue weighted by Crippen LogP contribution is 2.62. The Morgan fingerprint density at radius 1 is 0.951 bits per heavy atom. The molecule has 2 fully saturated rings. The Labute approximate surface area is 242 Å². The number of carbonyl (C=O) groups is 1. The van der Waals surface area contributed by atoms with Gasteiger partial charge in [0, 0.05) is 5.56 Å². The third-order valence-electron chi connectivity index (χ3n) is 9.29. The average Bonchev–Trinajstić information content (AvgIpc) is 3.58. The number of rotatable bonds is 7. The van der Waals surface area contributed by atoms with Gasteiger partial charge in [-0.2, -0.15) is 0 Å². The highest BCUT2D eigenvalue weighted by Gasteiger charge is 2.88. The fourth-order valence-electron chi connectivity index (χ4n) is 6.96. The smallest absolute Gasteiger partial charge is 0.261 e. The average molecular weight is 572 g/mol. The van der Waals surface area contributed by atoms with Gasteiger partial charge in [-0.05, 0) is 53.5 Å². The van der Waals surface area contributed by atoms with Crippen molar-refractivity contribution in [2.24, 2.45) is 4.99 Å². The minimum absolute atomic E-state index is 0.0472. The van der Waals surface area contributed by atoms with Crippen LogP contribution in [0.1, 0.15) is 40.2 Å². The summed E-state index contributed by atoms with van der Waals surface area (Å²) in [5.41, 5.74) is -3.73. The van der Waals surface area contributed by atoms with Gasteiger partial charge in [0.2, 0.25) is 5.90 Å². The van der Waals surface area contributed by atoms with E-state index in [4.69, 9.17) is 23.6 Å². The zero-order valence-corrected chi connectivity index (χ0v) is 25.4. The molecule has 3 aromatic rings. The standard InChI is InChI=1S/C33H37NO6Si/c1-22-33(34-29(39-22)23-17-19-24(37-6)20-18-23)27(35)28-32(40-28,31(33,5)36)21-38-41(30(2,3)4,25-13-9-7-10-14-25)26-15-11-8-12-16-26/h7-20,22,28,36H,21H2,1-6H3/t22-,28+,31-,32+,33-/m0/s1. The van der Waals surface area contributed by atoms with Gasteiger partial charge in [-0.1, -0.05) is 81.4 Å². The summed E-state index contributed by atoms with van der Waals surface area (Å²) in [7, 11) is -1.34. The van der Waals surface area contributed by atoms with E-state index in [1.807, 2.05) is 60.7 Å². The van der Waals surface area contributed by atoms with Crippen LogP contribution in [-0.4, -0.2) is 67.8 Å². The van der Waals surface area contributed by atoms with Crippen molar-refractivity contribution in [2.45, 2.75) is 68.6 Å². The van der Waals surface area contributed by atoms with E-state index in [9.17, 15) is 9.90 Å². The molecule has 5 atom stereocenters. The molecule has 0 radical (unpaired) electrons. The molecule has 1 spiro atoms. The maximum atomic E-state index is 14.0. The third kappa shape index (κ3) is 3.74. The van der Waals surface area contributed by atoms with Gasteiger partial charge >= 0.3 is 0 Å². The number of benzene rings is 3. The number of carbonyl (C=O) groups excluding carboxylic acids is 1. The largest absolute Gasteiger partial charge is 0.497 e. The van der Waals surface area contributed by atoms with E-state index in [1.165, 1.54) is 0 Å². The molecule has 3 aromatic carbocycles. The highest BCUT2D eigenvalue weighted by molar-refractivity contribution is 6.99. The number of methoxy groups -OCH3 is 1. The molecule has 1 saturated heterocycles. The molecule has 2 aliphatic heterocycles. The first-order chi connectivity index (χ1) is 19.4. The Balaban J connectivity index is 1.40. The fraction of sp³-hybridized carbons (Fsp3) is 0.394. The zero-order chi connectivity index (χ0) is 29.3. The van der Waals surface area contributed by atoms with E-state index in [0.29, 0.717) is 17.2 Å². The third-order valence-corrected chi connectivity index (χ3v) is 14.3. The Kier molecular flexibility index (Phi) is 6.35. The van der Waals surface area contributed by atoms with Crippen LogP contribution >= 0.6 is 0 Å². The van der Waals surface area contributed by atoms with Crippen molar-refractivity contribution >= 4 is 30.4 Å². The molecule has 1 saturated carbocycles. The zero-order valence-electron chi connectivity index (χ0n) is 24.4. The summed E-state index contributed by atoms with van der Waals surface area (Å²) in [6, 6.07) is 27.9. The first kappa shape index (κ1) is 27.8. The van der Waals surface area contributed by atoms with Crippen LogP contribution in [0.2, 0.25) is 5.04 Å². The first-order valence-electron chi connectivity index (χ1n) is 14.0. The van der Waals surface area contributed by atoms with E-state index in [1.54, 1.807) is 21.0 Å². The van der Waals surface area contributed by atoms with E-state index in [2.05, 4.69) is 45.0 Å². The Hall–Kier alpha value is -3.30. The quantitative estimate of drug-likeness (QED) is 0.344. The normalized spacial score (nSPS) is 30.6. The number of ether oxygens (including phenoxy) is 3. The van der Waals surface area contributed by atoms with Crippen molar-refractivity contribution in [1.82, 2.24) is 0 Å². The van der Waals surface area contributed by atoms with Gasteiger partial charge in [0.25, 0.3) is 8.32 Å². The van der Waals surface area contributed by atoms with Gasteiger partial charge in [-0.3, -0.25) is 4.79 Å². The molecule has 214 valence electrons. The van der Waals surface area contributed by atoms with Crippen LogP contribution in [0.5, 0.6) is 5.75 Å². The summed E-state index contributed by atoms with van der Waals surface area (Å²) >= 11 is 0. The van der Waals surface area contributed by atoms with Crippen LogP contribution in [0.15, 0.2) is 89.9 Å². The molecule has 7 nitrogen and oxygen atoms in total. The second-order valence-corrected chi connectivity index (χ2v) is 16.8. The van der Waals surface area contributed by atoms with Crippen LogP contribution in [0, 0.1) is 0 Å². The molecule has 0 bridgehead atoms. The second kappa shape index (κ2) is 9.36. The number of fused-ring (bicyclic) bond motifs is 1. The second-order valence-electron chi connectivity index (χ2n) is 12.4. The van der Waals surface area contributed by atoms with Gasteiger partial charge in [0.1, 0.15) is 17.5 Å². The van der Waals surface area contributed by atoms with Crippen LogP contribution in [0.25, 0.3) is 0 Å². The molecule has 0 amide bonds. The Bertz CT molecular complexity index is 1440. The molecule has 3 aliphatic rings. The minimum atomic E-state index is -2.95. The van der Waals surface area contributed by atoms with E-state index in [0.717, 1.165) is 10.4 Å². The monoisotopic (exact) mass is 571 g/mol. The minimum Gasteiger partial charge on any atom is -0.497 e. The summed E-state index contributed by atoms with van der Waals surface area (Å²) in [4.78, 5) is 18.8. The summed E-state index contributed by atoms with van der Waals surface area (Å²) in [5.74, 6) is 0.746. The van der Waals surface area contributed by atoms with E-state index >= 15 is 0 Å². The van der Waals surface area contributed by atoms with Crippen LogP contribution in [-0.2, 0) is 18.7 Å². The summed E-state index contributed by atoms with van der Waals surface area (Å²) < 4.78 is 24.7. The number of epoxide rings is 1. The number of hydrogen-bond donors (Lipinski definition) is 1. The van der Waals surface area contributed by atoms with Crippen molar-refractivity contribution < 1.29 is 28.5 Å². The molecule has 1 aliphatic carbocycles. The van der Waals surface area contributed by atoms with Gasteiger partial charge < -0.3 is 23.7 Å². The number of aliphatic imine (C=N–C) groups is 1. The highest BCUT2D eigenvalue weighted by atomic mass is 28.4. The molecular weight excluding hydrogens is 534 g/mol. The fourth-order valence-corrected chi connectivity index (χ4v) is 11.5. The van der Waals surface area contributed by atoms with Crippen LogP contribution in [0.3, 0.4) is 0 Å². The predicted molar refractivity (Wildman–Crippen MR) is 160 cm³/mol. The van der Waals surface area contributed by atoms with Gasteiger partial charge in [0.15, 0.2) is 23.0 Å². The number of Topliss-reactive ketones (excluding diaryl/α,β-unsaturated/α-hetero) is 1. The lowest BCUT2D eigenvalue weighted by Crippen LogP contribution is -2.69. The van der Waals surface area contributed by atoms with Crippen molar-refractivity contribution in [3.63, 3.8) is 0 Å². The van der Waals surface area contributed by atoms with Crippen molar-refractivity contribution in [3.05, 3.63) is 90.5 Å². The van der Waals surface area contributed by atoms with Gasteiger partial charge in [-0.25, -0.2) is 4.99 Å². The predicted octanol–water partition coefficient (Wildman–Crippen LogP) is 3.65. The van der Waals surface area contributed by atoms with Gasteiger partial charge in [0.05, 0.1) is 13.7 Å². The number of nitrogens with zero attached hydrogens (tertiary/aromatic N) is 1. The SMILES string of the molecule is COc1ccc(C2=N[C@]3(C(=O)[C@H]4O[C@@]4(CO[Si](c4ccccc4)(c4ccccc4)C(C)(C)C)[C@]3(C)O)[C@H](C)O2)cc1. The lowest BCUT2D eigenvalue weighted by molar-refractivity contribution is -0.147. The topological polar surface area (TPSA) is 89.9 Å². The molecule has 1 N–H and O–H groups in total. The molecule has 2 heterocycles. The molecule has 41 heavy (non-hydrogen) atoms. The summed E-state index contributed by atoms with van der Waals surface area (Å²) in [6.07, 6.45) is -1.52. The van der Waals surface area contributed by atoms with Crippen LogP contribution in [0.4, 0.5) is 0 Å². The molecule has 8 heteroatoms. The van der Waals surface area contributed by atoms with Crippen molar-refractivity contribution in [2.75, 3.05) is 13.7 Å². The molecular formula is C33H37NO6Si. The number of ketones is 1. The Morgan fingerprint density at radius 3 is 2.02 bits per heavy atom. The number of aliphatic hydroxyl groups is 1. The number of hydrogen-bond acceptors (Lipinski definition) is 7. The van der Waals surface area contributed by atoms with Crippen molar-refractivity contribution in [1.29, 1.82) is 0 Å². The first-order valence-corrected chi connectivity index (χ1v) is 16.0. The maximum absolute atomic E-state index is 14.0. The maximum Gasteiger partial charge on any atom is 0.261 e. The summed E-state index contributed by atoms with van der Waals surface area (Å²) in [6.45, 7) is 10.1. The van der Waals surface area contributed by atoms with Crippen LogP contribution < -0.4 is 15.1 Å². The van der Waals surface area contributed by atoms with Gasteiger partial charge in [-0.15, -0.1) is 0 Å². The molecule has 0 unspecified atom stereocenters. The van der Waals surface area contributed by atoms with E-state index < -0.39 is 37.3 Å². The lowest BCUT2D eigenvalue weighted by Gasteiger charge is -2.45. The lowest BCUT2D eigenvalue weighted by atomic mass is 9.75. The van der Waals surface area contributed by atoms with E-state index in [-0.39, 0.29) is 17.4 Å². The molecule has 6 rings (SSSR count). The molecule has 0 aromatic heterocycles. The summed E-state index contributed by atoms with van der Waals surface area (Å²) in [5, 5.41) is 14.3.